The smallest absolute Gasteiger partial charge is 0.125 e. The maximum atomic E-state index is 8.77. The van der Waals surface area contributed by atoms with Gasteiger partial charge >= 0.3 is 0 Å². The first-order valence-electron chi connectivity index (χ1n) is 7.83. The van der Waals surface area contributed by atoms with E-state index >= 15 is 0 Å². The highest BCUT2D eigenvalue weighted by Crippen LogP contribution is 2.18. The lowest BCUT2D eigenvalue weighted by atomic mass is 10.1. The van der Waals surface area contributed by atoms with Crippen molar-refractivity contribution in [2.24, 2.45) is 5.92 Å². The number of nitrogens with zero attached hydrogens (tertiary/aromatic N) is 5. The Morgan fingerprint density at radius 2 is 2.17 bits per heavy atom. The first-order chi connectivity index (χ1) is 11.2. The predicted octanol–water partition coefficient (Wildman–Crippen LogP) is 1.99. The quantitative estimate of drug-likeness (QED) is 0.910. The number of anilines is 1. The normalized spacial score (nSPS) is 17.8. The number of pyridine rings is 1. The van der Waals surface area contributed by atoms with E-state index in [9.17, 15) is 0 Å². The summed E-state index contributed by atoms with van der Waals surface area (Å²) in [7, 11) is 0. The third-order valence-corrected chi connectivity index (χ3v) is 4.05. The highest BCUT2D eigenvalue weighted by Gasteiger charge is 2.22. The van der Waals surface area contributed by atoms with Crippen LogP contribution in [-0.2, 0) is 6.54 Å². The Balaban J connectivity index is 1.46. The predicted molar refractivity (Wildman–Crippen MR) is 87.6 cm³/mol. The summed E-state index contributed by atoms with van der Waals surface area (Å²) in [5.74, 6) is 1.43. The minimum absolute atomic E-state index is 0.585. The van der Waals surface area contributed by atoms with Gasteiger partial charge in [-0.1, -0.05) is 0 Å². The van der Waals surface area contributed by atoms with Gasteiger partial charge in [0.15, 0.2) is 0 Å². The summed E-state index contributed by atoms with van der Waals surface area (Å²) in [4.78, 5) is 15.4. The summed E-state index contributed by atoms with van der Waals surface area (Å²) in [6, 6.07) is 5.71. The van der Waals surface area contributed by atoms with Gasteiger partial charge in [0, 0.05) is 38.2 Å². The van der Waals surface area contributed by atoms with Crippen molar-refractivity contribution in [3.05, 3.63) is 47.7 Å². The Bertz CT molecular complexity index is 674. The van der Waals surface area contributed by atoms with Gasteiger partial charge < -0.3 is 5.32 Å². The zero-order chi connectivity index (χ0) is 16.1. The molecule has 1 N–H and O–H groups in total. The number of aromatic nitrogens is 3. The van der Waals surface area contributed by atoms with Gasteiger partial charge in [0.05, 0.1) is 17.0 Å². The van der Waals surface area contributed by atoms with E-state index in [1.54, 1.807) is 12.3 Å². The van der Waals surface area contributed by atoms with E-state index in [1.165, 1.54) is 6.42 Å². The number of nitrogens with one attached hydrogen (secondary N) is 1. The molecule has 1 saturated heterocycles. The number of likely N-dealkylation sites (tertiary alicyclic amines) is 1. The molecule has 6 nitrogen and oxygen atoms in total. The number of hydrogen-bond acceptors (Lipinski definition) is 6. The Kier molecular flexibility index (Phi) is 4.79. The Labute approximate surface area is 136 Å². The average Bonchev–Trinajstić information content (AvgIpc) is 3.03. The molecule has 0 amide bonds. The molecule has 3 rings (SSSR count). The second kappa shape index (κ2) is 7.16. The van der Waals surface area contributed by atoms with E-state index in [0.29, 0.717) is 11.5 Å². The molecule has 6 heteroatoms. The summed E-state index contributed by atoms with van der Waals surface area (Å²) in [5.41, 5.74) is 2.56. The van der Waals surface area contributed by atoms with E-state index < -0.39 is 0 Å². The van der Waals surface area contributed by atoms with Crippen molar-refractivity contribution < 1.29 is 0 Å². The number of nitriles is 1. The SMILES string of the molecule is Cc1cnc(CN2CC[C@@H](CNc3ccc(C#N)cn3)C2)cn1. The molecule has 118 valence electrons. The van der Waals surface area contributed by atoms with Crippen LogP contribution in [0.4, 0.5) is 5.82 Å². The minimum Gasteiger partial charge on any atom is -0.370 e. The molecule has 1 atom stereocenters. The van der Waals surface area contributed by atoms with Crippen LogP contribution in [0, 0.1) is 24.2 Å². The standard InChI is InChI=1S/C17H20N6/c1-13-7-20-16(10-19-13)12-23-5-4-15(11-23)9-22-17-3-2-14(6-18)8-21-17/h2-3,7-8,10,15H,4-5,9,11-12H2,1H3,(H,21,22)/t15-/m0/s1. The van der Waals surface area contributed by atoms with Crippen molar-refractivity contribution in [2.45, 2.75) is 19.9 Å². The summed E-state index contributed by atoms with van der Waals surface area (Å²) < 4.78 is 0. The molecule has 23 heavy (non-hydrogen) atoms. The fourth-order valence-electron chi connectivity index (χ4n) is 2.77. The molecule has 3 heterocycles. The number of rotatable bonds is 5. The molecule has 1 fully saturated rings. The Morgan fingerprint density at radius 1 is 1.26 bits per heavy atom. The lowest BCUT2D eigenvalue weighted by Gasteiger charge is -2.16. The second-order valence-corrected chi connectivity index (χ2v) is 5.96. The first-order valence-corrected chi connectivity index (χ1v) is 7.83. The summed E-state index contributed by atoms with van der Waals surface area (Å²) in [6.07, 6.45) is 6.45. The van der Waals surface area contributed by atoms with E-state index in [2.05, 4.69) is 31.2 Å². The van der Waals surface area contributed by atoms with Crippen molar-refractivity contribution in [3.63, 3.8) is 0 Å². The summed E-state index contributed by atoms with van der Waals surface area (Å²) in [5, 5.41) is 12.1. The summed E-state index contributed by atoms with van der Waals surface area (Å²) in [6.45, 7) is 5.85. The molecule has 1 aliphatic heterocycles. The molecular weight excluding hydrogens is 288 g/mol. The topological polar surface area (TPSA) is 77.7 Å². The molecule has 2 aromatic rings. The van der Waals surface area contributed by atoms with E-state index in [-0.39, 0.29) is 0 Å². The molecular formula is C17H20N6. The van der Waals surface area contributed by atoms with Crippen molar-refractivity contribution in [2.75, 3.05) is 25.0 Å². The van der Waals surface area contributed by atoms with Gasteiger partial charge in [-0.3, -0.25) is 14.9 Å². The van der Waals surface area contributed by atoms with E-state index in [1.807, 2.05) is 25.4 Å². The van der Waals surface area contributed by atoms with Gasteiger partial charge in [0.1, 0.15) is 11.9 Å². The van der Waals surface area contributed by atoms with Gasteiger partial charge in [0.25, 0.3) is 0 Å². The van der Waals surface area contributed by atoms with Crippen LogP contribution >= 0.6 is 0 Å². The van der Waals surface area contributed by atoms with Crippen LogP contribution in [-0.4, -0.2) is 39.5 Å². The Morgan fingerprint density at radius 3 is 2.87 bits per heavy atom. The van der Waals surface area contributed by atoms with Crippen molar-refractivity contribution in [1.82, 2.24) is 19.9 Å². The van der Waals surface area contributed by atoms with Crippen LogP contribution in [0.25, 0.3) is 0 Å². The van der Waals surface area contributed by atoms with Crippen molar-refractivity contribution >= 4 is 5.82 Å². The second-order valence-electron chi connectivity index (χ2n) is 5.96. The first kappa shape index (κ1) is 15.4. The third kappa shape index (κ3) is 4.24. The van der Waals surface area contributed by atoms with Crippen LogP contribution in [0.1, 0.15) is 23.4 Å². The van der Waals surface area contributed by atoms with Crippen molar-refractivity contribution in [1.29, 1.82) is 5.26 Å². The molecule has 0 spiro atoms. The lowest BCUT2D eigenvalue weighted by Crippen LogP contribution is -2.23. The van der Waals surface area contributed by atoms with E-state index in [0.717, 1.165) is 43.4 Å². The van der Waals surface area contributed by atoms with Gasteiger partial charge in [-0.15, -0.1) is 0 Å². The Hall–Kier alpha value is -2.52. The fourth-order valence-corrected chi connectivity index (χ4v) is 2.77. The highest BCUT2D eigenvalue weighted by atomic mass is 15.2. The van der Waals surface area contributed by atoms with Crippen LogP contribution < -0.4 is 5.32 Å². The number of hydrogen-bond donors (Lipinski definition) is 1. The van der Waals surface area contributed by atoms with Crippen LogP contribution in [0.5, 0.6) is 0 Å². The van der Waals surface area contributed by atoms with E-state index in [4.69, 9.17) is 5.26 Å². The molecule has 0 aromatic carbocycles. The minimum atomic E-state index is 0.585. The lowest BCUT2D eigenvalue weighted by molar-refractivity contribution is 0.314. The molecule has 0 saturated carbocycles. The molecule has 0 radical (unpaired) electrons. The zero-order valence-electron chi connectivity index (χ0n) is 13.2. The maximum Gasteiger partial charge on any atom is 0.125 e. The highest BCUT2D eigenvalue weighted by molar-refractivity contribution is 5.38. The zero-order valence-corrected chi connectivity index (χ0v) is 13.2. The van der Waals surface area contributed by atoms with Crippen LogP contribution in [0.3, 0.4) is 0 Å². The molecule has 1 aliphatic rings. The van der Waals surface area contributed by atoms with Crippen molar-refractivity contribution in [3.8, 4) is 6.07 Å². The fraction of sp³-hybridized carbons (Fsp3) is 0.412. The molecule has 0 bridgehead atoms. The maximum absolute atomic E-state index is 8.77. The number of aryl methyl sites for hydroxylation is 1. The monoisotopic (exact) mass is 308 g/mol. The van der Waals surface area contributed by atoms with Gasteiger partial charge in [-0.2, -0.15) is 5.26 Å². The van der Waals surface area contributed by atoms with Crippen LogP contribution in [0.2, 0.25) is 0 Å². The summed E-state index contributed by atoms with van der Waals surface area (Å²) >= 11 is 0. The van der Waals surface area contributed by atoms with Gasteiger partial charge in [0.2, 0.25) is 0 Å². The molecule has 0 aliphatic carbocycles. The third-order valence-electron chi connectivity index (χ3n) is 4.05. The molecule has 0 unspecified atom stereocenters. The average molecular weight is 308 g/mol. The van der Waals surface area contributed by atoms with Gasteiger partial charge in [-0.25, -0.2) is 4.98 Å². The molecule has 2 aromatic heterocycles. The largest absolute Gasteiger partial charge is 0.370 e. The van der Waals surface area contributed by atoms with Gasteiger partial charge in [-0.05, 0) is 37.9 Å². The van der Waals surface area contributed by atoms with Crippen LogP contribution in [0.15, 0.2) is 30.7 Å².